The van der Waals surface area contributed by atoms with Gasteiger partial charge in [-0.1, -0.05) is 48.0 Å². The van der Waals surface area contributed by atoms with Crippen LogP contribution in [0.3, 0.4) is 0 Å². The number of carbonyl (C=O) groups excluding carboxylic acids is 1. The van der Waals surface area contributed by atoms with E-state index in [9.17, 15) is 15.0 Å². The monoisotopic (exact) mass is 515 g/mol. The third-order valence-electron chi connectivity index (χ3n) is 7.68. The summed E-state index contributed by atoms with van der Waals surface area (Å²) in [6, 6.07) is 15.1. The minimum atomic E-state index is -1.12. The van der Waals surface area contributed by atoms with Gasteiger partial charge in [-0.3, -0.25) is 0 Å². The summed E-state index contributed by atoms with van der Waals surface area (Å²) < 4.78 is 5.25. The van der Waals surface area contributed by atoms with Gasteiger partial charge >= 0.3 is 6.03 Å². The van der Waals surface area contributed by atoms with Crippen LogP contribution in [0.5, 0.6) is 0 Å². The molecule has 7 nitrogen and oxygen atoms in total. The molecule has 8 heteroatoms. The molecule has 0 unspecified atom stereocenters. The van der Waals surface area contributed by atoms with Gasteiger partial charge in [-0.15, -0.1) is 0 Å². The molecule has 0 saturated carbocycles. The van der Waals surface area contributed by atoms with Crippen molar-refractivity contribution in [3.8, 4) is 11.1 Å². The molecule has 0 bridgehead atoms. The van der Waals surface area contributed by atoms with Crippen molar-refractivity contribution in [2.75, 3.05) is 39.9 Å². The number of ether oxygens (including phenoxy) is 1. The average Bonchev–Trinajstić information content (AvgIpc) is 3.24. The van der Waals surface area contributed by atoms with Crippen LogP contribution in [0.25, 0.3) is 11.1 Å². The van der Waals surface area contributed by atoms with E-state index in [1.807, 2.05) is 53.4 Å². The fourth-order valence-corrected chi connectivity index (χ4v) is 5.78. The number of piperidine rings is 1. The van der Waals surface area contributed by atoms with Crippen molar-refractivity contribution >= 4 is 17.6 Å². The van der Waals surface area contributed by atoms with Crippen LogP contribution >= 0.6 is 11.6 Å². The molecule has 2 aliphatic heterocycles. The lowest BCUT2D eigenvalue weighted by molar-refractivity contribution is -0.0571. The van der Waals surface area contributed by atoms with E-state index in [1.165, 1.54) is 0 Å². The molecule has 2 aromatic carbocycles. The van der Waals surface area contributed by atoms with Crippen LogP contribution in [0.15, 0.2) is 48.5 Å². The second-order valence-corrected chi connectivity index (χ2v) is 10.6. The molecule has 0 spiro atoms. The molecule has 0 aromatic heterocycles. The Bertz CT molecular complexity index is 1010. The Balaban J connectivity index is 1.63. The van der Waals surface area contributed by atoms with Gasteiger partial charge in [0.25, 0.3) is 0 Å². The van der Waals surface area contributed by atoms with Crippen molar-refractivity contribution in [2.24, 2.45) is 11.7 Å². The zero-order valence-electron chi connectivity index (χ0n) is 21.0. The van der Waals surface area contributed by atoms with E-state index in [2.05, 4.69) is 0 Å². The first-order chi connectivity index (χ1) is 17.3. The number of amides is 2. The van der Waals surface area contributed by atoms with Crippen LogP contribution in [0.1, 0.15) is 37.7 Å². The van der Waals surface area contributed by atoms with Crippen molar-refractivity contribution in [2.45, 2.75) is 49.9 Å². The van der Waals surface area contributed by atoms with Crippen LogP contribution in [-0.2, 0) is 10.3 Å². The fraction of sp³-hybridized carbons (Fsp3) is 0.536. The number of aliphatic hydroxyl groups is 2. The zero-order valence-corrected chi connectivity index (χ0v) is 21.7. The number of methoxy groups -OCH3 is 1. The van der Waals surface area contributed by atoms with Crippen LogP contribution in [0.2, 0.25) is 5.02 Å². The number of unbranched alkanes of at least 4 members (excludes halogenated alkanes) is 1. The largest absolute Gasteiger partial charge is 0.390 e. The molecule has 36 heavy (non-hydrogen) atoms. The number of rotatable bonds is 8. The Labute approximate surface area is 218 Å². The smallest absolute Gasteiger partial charge is 0.320 e. The second kappa shape index (κ2) is 11.9. The summed E-state index contributed by atoms with van der Waals surface area (Å²) in [7, 11) is 1.69. The summed E-state index contributed by atoms with van der Waals surface area (Å²) >= 11 is 6.14. The third-order valence-corrected chi connectivity index (χ3v) is 7.93. The second-order valence-electron chi connectivity index (χ2n) is 10.1. The van der Waals surface area contributed by atoms with E-state index in [-0.39, 0.29) is 18.5 Å². The molecule has 0 radical (unpaired) electrons. The standard InChI is InChI=1S/C28H38ClN3O4/c1-36-16-5-4-14-28(35,24-9-3-2-8-23(24)20-10-12-22(29)13-11-20)21-7-6-15-31(17-21)27(34)32-18-25(30)26(33)19-32/h2-3,8-13,21,25-26,33,35H,4-7,14-19,30H2,1H3/t21-,25-,26+,28+/m1/s1. The number of hydrogen-bond donors (Lipinski definition) is 3. The normalized spacial score (nSPS) is 24.1. The number of nitrogens with two attached hydrogens (primary N) is 1. The highest BCUT2D eigenvalue weighted by molar-refractivity contribution is 6.30. The summed E-state index contributed by atoms with van der Waals surface area (Å²) in [4.78, 5) is 16.8. The van der Waals surface area contributed by atoms with Crippen LogP contribution in [0.4, 0.5) is 4.79 Å². The van der Waals surface area contributed by atoms with Crippen molar-refractivity contribution in [1.82, 2.24) is 9.80 Å². The van der Waals surface area contributed by atoms with Gasteiger partial charge in [-0.2, -0.15) is 0 Å². The molecule has 2 heterocycles. The highest BCUT2D eigenvalue weighted by Gasteiger charge is 2.43. The summed E-state index contributed by atoms with van der Waals surface area (Å²) in [6.07, 6.45) is 3.15. The topological polar surface area (TPSA) is 99.3 Å². The fourth-order valence-electron chi connectivity index (χ4n) is 5.65. The molecule has 4 atom stereocenters. The molecule has 4 rings (SSSR count). The predicted octanol–water partition coefficient (Wildman–Crippen LogP) is 3.85. The number of urea groups is 1. The number of nitrogens with zero attached hydrogens (tertiary/aromatic N) is 2. The zero-order chi connectivity index (χ0) is 25.7. The Morgan fingerprint density at radius 1 is 1.11 bits per heavy atom. The summed E-state index contributed by atoms with van der Waals surface area (Å²) in [5, 5.41) is 23.2. The molecule has 196 valence electrons. The third kappa shape index (κ3) is 5.87. The number of carbonyl (C=O) groups is 1. The van der Waals surface area contributed by atoms with Crippen LogP contribution < -0.4 is 5.73 Å². The molecule has 0 aliphatic carbocycles. The van der Waals surface area contributed by atoms with E-state index in [0.29, 0.717) is 37.7 Å². The van der Waals surface area contributed by atoms with Gasteiger partial charge < -0.3 is 30.5 Å². The number of benzene rings is 2. The summed E-state index contributed by atoms with van der Waals surface area (Å²) in [5.74, 6) is -0.132. The van der Waals surface area contributed by atoms with Gasteiger partial charge in [0.2, 0.25) is 0 Å². The Morgan fingerprint density at radius 2 is 1.86 bits per heavy atom. The lowest BCUT2D eigenvalue weighted by Gasteiger charge is -2.44. The SMILES string of the molecule is COCCCC[C@@](O)(c1ccccc1-c1ccc(Cl)cc1)[C@@H]1CCCN(C(=O)N2C[C@@H](N)[C@@H](O)C2)C1. The number of aliphatic hydroxyl groups excluding tert-OH is 1. The van der Waals surface area contributed by atoms with E-state index in [0.717, 1.165) is 42.4 Å². The first kappa shape index (κ1) is 26.9. The predicted molar refractivity (Wildman–Crippen MR) is 142 cm³/mol. The number of hydrogen-bond acceptors (Lipinski definition) is 5. The highest BCUT2D eigenvalue weighted by atomic mass is 35.5. The summed E-state index contributed by atoms with van der Waals surface area (Å²) in [5.41, 5.74) is 7.67. The maximum absolute atomic E-state index is 13.3. The van der Waals surface area contributed by atoms with Gasteiger partial charge in [0.1, 0.15) is 0 Å². The minimum Gasteiger partial charge on any atom is -0.390 e. The first-order valence-corrected chi connectivity index (χ1v) is 13.3. The molecule has 2 fully saturated rings. The first-order valence-electron chi connectivity index (χ1n) is 12.9. The van der Waals surface area contributed by atoms with Crippen molar-refractivity contribution in [1.29, 1.82) is 0 Å². The van der Waals surface area contributed by atoms with Crippen molar-refractivity contribution in [3.63, 3.8) is 0 Å². The molecule has 4 N–H and O–H groups in total. The molecular weight excluding hydrogens is 478 g/mol. The van der Waals surface area contributed by atoms with E-state index in [4.69, 9.17) is 22.1 Å². The maximum atomic E-state index is 13.3. The number of β-amino-alcohol motifs (C(OH)–C–C–N with tert-alkyl or cyclic N) is 1. The van der Waals surface area contributed by atoms with Gasteiger partial charge in [-0.05, 0) is 60.9 Å². The van der Waals surface area contributed by atoms with E-state index < -0.39 is 17.7 Å². The highest BCUT2D eigenvalue weighted by Crippen LogP contribution is 2.44. The maximum Gasteiger partial charge on any atom is 0.320 e. The molecule has 2 amide bonds. The molecular formula is C28H38ClN3O4. The quantitative estimate of drug-likeness (QED) is 0.464. The lowest BCUT2D eigenvalue weighted by Crippen LogP contribution is -2.52. The number of likely N-dealkylation sites (tertiary alicyclic amines) is 2. The van der Waals surface area contributed by atoms with Crippen LogP contribution in [0, 0.1) is 5.92 Å². The average molecular weight is 516 g/mol. The van der Waals surface area contributed by atoms with Gasteiger partial charge in [0.05, 0.1) is 11.7 Å². The Kier molecular flexibility index (Phi) is 8.91. The minimum absolute atomic E-state index is 0.112. The Morgan fingerprint density at radius 3 is 2.56 bits per heavy atom. The van der Waals surface area contributed by atoms with Crippen LogP contribution in [-0.4, -0.2) is 78.1 Å². The molecule has 2 saturated heterocycles. The summed E-state index contributed by atoms with van der Waals surface area (Å²) in [6.45, 7) is 2.33. The van der Waals surface area contributed by atoms with Crippen molar-refractivity contribution in [3.05, 3.63) is 59.1 Å². The lowest BCUT2D eigenvalue weighted by atomic mass is 9.72. The van der Waals surface area contributed by atoms with Gasteiger partial charge in [0, 0.05) is 56.9 Å². The molecule has 2 aromatic rings. The number of halogens is 1. The van der Waals surface area contributed by atoms with Gasteiger partial charge in [-0.25, -0.2) is 4.79 Å². The van der Waals surface area contributed by atoms with Crippen molar-refractivity contribution < 1.29 is 19.7 Å². The van der Waals surface area contributed by atoms with E-state index >= 15 is 0 Å². The Hall–Kier alpha value is -2.16. The molecule has 2 aliphatic rings. The van der Waals surface area contributed by atoms with Gasteiger partial charge in [0.15, 0.2) is 0 Å². The van der Waals surface area contributed by atoms with E-state index in [1.54, 1.807) is 12.0 Å².